The number of nitrogens with one attached hydrogen (secondary N) is 2. The van der Waals surface area contributed by atoms with Gasteiger partial charge in [0.15, 0.2) is 0 Å². The number of sulfonamides is 1. The summed E-state index contributed by atoms with van der Waals surface area (Å²) in [5.41, 5.74) is 0.523. The number of carbonyl (C=O) groups is 1. The summed E-state index contributed by atoms with van der Waals surface area (Å²) in [6.45, 7) is 0.664. The van der Waals surface area contributed by atoms with Gasteiger partial charge >= 0.3 is 0 Å². The summed E-state index contributed by atoms with van der Waals surface area (Å²) >= 11 is 0. The predicted octanol–water partition coefficient (Wildman–Crippen LogP) is 2.92. The summed E-state index contributed by atoms with van der Waals surface area (Å²) in [4.78, 5) is 16.7. The van der Waals surface area contributed by atoms with Crippen molar-refractivity contribution in [3.05, 3.63) is 24.3 Å². The molecule has 1 aromatic rings. The third-order valence-electron chi connectivity index (χ3n) is 5.89. The molecule has 7 heteroatoms. The number of carbonyl (C=O) groups excluding carboxylic acids is 1. The molecule has 6 nitrogen and oxygen atoms in total. The number of aliphatic imine (C=N–C) groups is 1. The Balaban J connectivity index is 1.39. The summed E-state index contributed by atoms with van der Waals surface area (Å²) in [6, 6.07) is 6.42. The van der Waals surface area contributed by atoms with E-state index in [1.165, 1.54) is 37.8 Å². The third-order valence-corrected chi connectivity index (χ3v) is 7.27. The zero-order chi connectivity index (χ0) is 18.1. The van der Waals surface area contributed by atoms with Gasteiger partial charge in [0.05, 0.1) is 4.90 Å². The van der Waals surface area contributed by atoms with Gasteiger partial charge in [-0.15, -0.1) is 0 Å². The minimum absolute atomic E-state index is 0.0229. The van der Waals surface area contributed by atoms with Crippen molar-refractivity contribution in [2.75, 3.05) is 11.9 Å². The van der Waals surface area contributed by atoms with Crippen LogP contribution in [0.15, 0.2) is 34.2 Å². The van der Waals surface area contributed by atoms with Crippen molar-refractivity contribution in [3.63, 3.8) is 0 Å². The lowest BCUT2D eigenvalue weighted by Gasteiger charge is -2.21. The molecule has 2 saturated carbocycles. The lowest BCUT2D eigenvalue weighted by Crippen LogP contribution is -2.29. The SMILES string of the molecule is O=C(C[C@H]1C[C@H]2CC[C@@H]1C2)Nc1cccc(S(=O)(=O)NC2=NCCC2)c1. The van der Waals surface area contributed by atoms with Crippen LogP contribution in [0, 0.1) is 17.8 Å². The fourth-order valence-corrected chi connectivity index (χ4v) is 5.79. The van der Waals surface area contributed by atoms with Crippen molar-refractivity contribution >= 4 is 27.5 Å². The summed E-state index contributed by atoms with van der Waals surface area (Å²) in [5, 5.41) is 2.87. The number of fused-ring (bicyclic) bond motifs is 2. The van der Waals surface area contributed by atoms with E-state index in [9.17, 15) is 13.2 Å². The van der Waals surface area contributed by atoms with Crippen LogP contribution in [0.4, 0.5) is 5.69 Å². The number of hydrogen-bond acceptors (Lipinski definition) is 4. The topological polar surface area (TPSA) is 87.6 Å². The Morgan fingerprint density at radius 2 is 2.12 bits per heavy atom. The number of hydrogen-bond donors (Lipinski definition) is 2. The number of benzene rings is 1. The van der Waals surface area contributed by atoms with Gasteiger partial charge in [-0.3, -0.25) is 14.5 Å². The molecule has 2 bridgehead atoms. The van der Waals surface area contributed by atoms with Crippen LogP contribution in [0.3, 0.4) is 0 Å². The van der Waals surface area contributed by atoms with E-state index >= 15 is 0 Å². The average Bonchev–Trinajstić information content (AvgIpc) is 3.33. The standard InChI is InChI=1S/C19H25N3O3S/c23-19(11-15-10-13-6-7-14(15)9-13)21-16-3-1-4-17(12-16)26(24,25)22-18-5-2-8-20-18/h1,3-4,12-15H,2,5-11H2,(H,20,22)(H,21,23)/t13-,14+,15+/m0/s1. The normalized spacial score (nSPS) is 27.4. The number of amidine groups is 1. The van der Waals surface area contributed by atoms with Crippen molar-refractivity contribution in [2.45, 2.75) is 49.8 Å². The zero-order valence-corrected chi connectivity index (χ0v) is 15.6. The van der Waals surface area contributed by atoms with E-state index in [4.69, 9.17) is 0 Å². The smallest absolute Gasteiger partial charge is 0.262 e. The van der Waals surface area contributed by atoms with Crippen LogP contribution in [0.5, 0.6) is 0 Å². The molecule has 0 saturated heterocycles. The fraction of sp³-hybridized carbons (Fsp3) is 0.579. The number of rotatable bonds is 5. The monoisotopic (exact) mass is 375 g/mol. The van der Waals surface area contributed by atoms with Crippen molar-refractivity contribution in [3.8, 4) is 0 Å². The van der Waals surface area contributed by atoms with E-state index < -0.39 is 10.0 Å². The van der Waals surface area contributed by atoms with Crippen molar-refractivity contribution in [1.82, 2.24) is 4.72 Å². The maximum atomic E-state index is 12.5. The largest absolute Gasteiger partial charge is 0.326 e. The van der Waals surface area contributed by atoms with Crippen LogP contribution in [-0.4, -0.2) is 26.7 Å². The van der Waals surface area contributed by atoms with E-state index in [-0.39, 0.29) is 10.8 Å². The number of nitrogens with zero attached hydrogens (tertiary/aromatic N) is 1. The van der Waals surface area contributed by atoms with Gasteiger partial charge in [0.2, 0.25) is 5.91 Å². The molecule has 0 aromatic heterocycles. The van der Waals surface area contributed by atoms with Gasteiger partial charge in [-0.2, -0.15) is 0 Å². The van der Waals surface area contributed by atoms with Gasteiger partial charge in [0.1, 0.15) is 5.84 Å². The first-order valence-corrected chi connectivity index (χ1v) is 10.9. The molecule has 3 atom stereocenters. The lowest BCUT2D eigenvalue weighted by atomic mass is 9.86. The first kappa shape index (κ1) is 17.5. The fourth-order valence-electron chi connectivity index (χ4n) is 4.65. The molecular weight excluding hydrogens is 350 g/mol. The van der Waals surface area contributed by atoms with E-state index in [0.29, 0.717) is 42.7 Å². The average molecular weight is 375 g/mol. The molecular formula is C19H25N3O3S. The van der Waals surface area contributed by atoms with Crippen LogP contribution in [0.1, 0.15) is 44.9 Å². The molecule has 3 aliphatic rings. The first-order valence-electron chi connectivity index (χ1n) is 9.46. The maximum Gasteiger partial charge on any atom is 0.262 e. The second-order valence-electron chi connectivity index (χ2n) is 7.75. The van der Waals surface area contributed by atoms with Crippen molar-refractivity contribution < 1.29 is 13.2 Å². The minimum Gasteiger partial charge on any atom is -0.326 e. The highest BCUT2D eigenvalue weighted by molar-refractivity contribution is 7.90. The second kappa shape index (κ2) is 7.02. The third kappa shape index (κ3) is 3.77. The quantitative estimate of drug-likeness (QED) is 0.829. The summed E-state index contributed by atoms with van der Waals surface area (Å²) in [5.74, 6) is 2.49. The molecule has 0 spiro atoms. The molecule has 1 aromatic carbocycles. The minimum atomic E-state index is -3.66. The Hall–Kier alpha value is -1.89. The lowest BCUT2D eigenvalue weighted by molar-refractivity contribution is -0.117. The molecule has 140 valence electrons. The Morgan fingerprint density at radius 1 is 1.23 bits per heavy atom. The molecule has 2 N–H and O–H groups in total. The van der Waals surface area contributed by atoms with Crippen LogP contribution in [0.2, 0.25) is 0 Å². The summed E-state index contributed by atoms with van der Waals surface area (Å²) < 4.78 is 27.5. The van der Waals surface area contributed by atoms with Gasteiger partial charge in [0.25, 0.3) is 10.0 Å². The molecule has 1 amide bonds. The Labute approximate surface area is 154 Å². The maximum absolute atomic E-state index is 12.5. The molecule has 2 aliphatic carbocycles. The number of amides is 1. The van der Waals surface area contributed by atoms with Gasteiger partial charge in [0, 0.05) is 25.1 Å². The van der Waals surface area contributed by atoms with Crippen LogP contribution < -0.4 is 10.0 Å². The molecule has 2 fully saturated rings. The van der Waals surface area contributed by atoms with Crippen LogP contribution >= 0.6 is 0 Å². The highest BCUT2D eigenvalue weighted by atomic mass is 32.2. The summed E-state index contributed by atoms with van der Waals surface area (Å²) in [7, 11) is -3.66. The molecule has 1 aliphatic heterocycles. The summed E-state index contributed by atoms with van der Waals surface area (Å²) in [6.07, 6.45) is 7.08. The van der Waals surface area contributed by atoms with Gasteiger partial charge in [-0.05, 0) is 61.6 Å². The number of anilines is 1. The zero-order valence-electron chi connectivity index (χ0n) is 14.8. The van der Waals surface area contributed by atoms with E-state index in [0.717, 1.165) is 12.3 Å². The Bertz CT molecular complexity index is 834. The highest BCUT2D eigenvalue weighted by Crippen LogP contribution is 2.49. The Morgan fingerprint density at radius 3 is 2.81 bits per heavy atom. The Kier molecular flexibility index (Phi) is 4.73. The van der Waals surface area contributed by atoms with Crippen LogP contribution in [-0.2, 0) is 14.8 Å². The van der Waals surface area contributed by atoms with Crippen molar-refractivity contribution in [2.24, 2.45) is 22.7 Å². The second-order valence-corrected chi connectivity index (χ2v) is 9.43. The van der Waals surface area contributed by atoms with Gasteiger partial charge in [-0.25, -0.2) is 8.42 Å². The van der Waals surface area contributed by atoms with E-state index in [2.05, 4.69) is 15.0 Å². The van der Waals surface area contributed by atoms with Gasteiger partial charge in [-0.1, -0.05) is 12.5 Å². The molecule has 0 unspecified atom stereocenters. The molecule has 26 heavy (non-hydrogen) atoms. The molecule has 4 rings (SSSR count). The highest BCUT2D eigenvalue weighted by Gasteiger charge is 2.40. The van der Waals surface area contributed by atoms with Crippen molar-refractivity contribution in [1.29, 1.82) is 0 Å². The van der Waals surface area contributed by atoms with Crippen LogP contribution in [0.25, 0.3) is 0 Å². The van der Waals surface area contributed by atoms with E-state index in [1.54, 1.807) is 12.1 Å². The van der Waals surface area contributed by atoms with E-state index in [1.807, 2.05) is 0 Å². The molecule has 0 radical (unpaired) electrons. The van der Waals surface area contributed by atoms with Gasteiger partial charge < -0.3 is 5.32 Å². The molecule has 1 heterocycles. The predicted molar refractivity (Wildman–Crippen MR) is 100 cm³/mol. The first-order chi connectivity index (χ1) is 12.5.